The molecule has 1 aromatic carbocycles. The lowest BCUT2D eigenvalue weighted by molar-refractivity contribution is -0.140. The van der Waals surface area contributed by atoms with Crippen LogP contribution in [0.25, 0.3) is 0 Å². The standard InChI is InChI=1S/C19H26N2O4/c1-25-18(23)10-6-3-7-11-20-19(24)16-12-17(22)21(14-16)13-15-8-4-2-5-9-15/h2,4-5,8-9,16H,3,6-7,10-14H2,1H3,(H,20,24). The quantitative estimate of drug-likeness (QED) is 0.547. The number of benzene rings is 1. The Hall–Kier alpha value is -2.37. The number of ether oxygens (including phenoxy) is 1. The molecule has 1 aliphatic rings. The summed E-state index contributed by atoms with van der Waals surface area (Å²) >= 11 is 0. The van der Waals surface area contributed by atoms with Gasteiger partial charge in [-0.3, -0.25) is 14.4 Å². The van der Waals surface area contributed by atoms with Gasteiger partial charge in [-0.25, -0.2) is 0 Å². The van der Waals surface area contributed by atoms with Crippen molar-refractivity contribution in [2.24, 2.45) is 5.92 Å². The van der Waals surface area contributed by atoms with E-state index in [4.69, 9.17) is 0 Å². The Kier molecular flexibility index (Phi) is 7.44. The Balaban J connectivity index is 1.65. The number of nitrogens with one attached hydrogen (secondary N) is 1. The number of carbonyl (C=O) groups is 3. The summed E-state index contributed by atoms with van der Waals surface area (Å²) in [6, 6.07) is 9.79. The maximum atomic E-state index is 12.2. The topological polar surface area (TPSA) is 75.7 Å². The van der Waals surface area contributed by atoms with Crippen molar-refractivity contribution in [1.29, 1.82) is 0 Å². The van der Waals surface area contributed by atoms with Crippen LogP contribution in [-0.4, -0.2) is 42.9 Å². The summed E-state index contributed by atoms with van der Waals surface area (Å²) in [5.74, 6) is -0.503. The molecule has 0 aromatic heterocycles. The summed E-state index contributed by atoms with van der Waals surface area (Å²) in [5.41, 5.74) is 1.07. The SMILES string of the molecule is COC(=O)CCCCCNC(=O)C1CC(=O)N(Cc2ccccc2)C1. The molecular weight excluding hydrogens is 320 g/mol. The van der Waals surface area contributed by atoms with Gasteiger partial charge in [0.1, 0.15) is 0 Å². The largest absolute Gasteiger partial charge is 0.469 e. The predicted octanol–water partition coefficient (Wildman–Crippen LogP) is 1.88. The third-order valence-corrected chi connectivity index (χ3v) is 4.39. The summed E-state index contributed by atoms with van der Waals surface area (Å²) in [5, 5.41) is 2.90. The van der Waals surface area contributed by atoms with E-state index in [2.05, 4.69) is 10.1 Å². The van der Waals surface area contributed by atoms with E-state index >= 15 is 0 Å². The molecule has 0 radical (unpaired) electrons. The van der Waals surface area contributed by atoms with Gasteiger partial charge in [0.2, 0.25) is 11.8 Å². The maximum absolute atomic E-state index is 12.2. The van der Waals surface area contributed by atoms with Gasteiger partial charge in [0, 0.05) is 32.5 Å². The van der Waals surface area contributed by atoms with Gasteiger partial charge in [-0.2, -0.15) is 0 Å². The first-order valence-corrected chi connectivity index (χ1v) is 8.76. The van der Waals surface area contributed by atoms with Gasteiger partial charge in [0.15, 0.2) is 0 Å². The molecule has 6 nitrogen and oxygen atoms in total. The molecule has 0 aliphatic carbocycles. The van der Waals surface area contributed by atoms with Gasteiger partial charge < -0.3 is 15.0 Å². The number of amides is 2. The van der Waals surface area contributed by atoms with Gasteiger partial charge >= 0.3 is 5.97 Å². The first-order chi connectivity index (χ1) is 12.1. The van der Waals surface area contributed by atoms with E-state index in [9.17, 15) is 14.4 Å². The van der Waals surface area contributed by atoms with Crippen LogP contribution in [0, 0.1) is 5.92 Å². The molecule has 2 rings (SSSR count). The molecule has 6 heteroatoms. The normalized spacial score (nSPS) is 16.8. The zero-order valence-electron chi connectivity index (χ0n) is 14.7. The lowest BCUT2D eigenvalue weighted by Crippen LogP contribution is -2.33. The number of hydrogen-bond acceptors (Lipinski definition) is 4. The van der Waals surface area contributed by atoms with E-state index in [1.54, 1.807) is 4.90 Å². The second-order valence-corrected chi connectivity index (χ2v) is 6.34. The highest BCUT2D eigenvalue weighted by Gasteiger charge is 2.33. The average molecular weight is 346 g/mol. The molecule has 1 aliphatic heterocycles. The third kappa shape index (κ3) is 6.21. The van der Waals surface area contributed by atoms with Gasteiger partial charge in [0.05, 0.1) is 13.0 Å². The number of unbranched alkanes of at least 4 members (excludes halogenated alkanes) is 2. The molecule has 1 unspecified atom stereocenters. The van der Waals surface area contributed by atoms with Crippen molar-refractivity contribution in [3.8, 4) is 0 Å². The number of likely N-dealkylation sites (tertiary alicyclic amines) is 1. The van der Waals surface area contributed by atoms with Gasteiger partial charge in [-0.15, -0.1) is 0 Å². The van der Waals surface area contributed by atoms with Gasteiger partial charge in [0.25, 0.3) is 0 Å². The zero-order chi connectivity index (χ0) is 18.1. The first kappa shape index (κ1) is 19.0. The smallest absolute Gasteiger partial charge is 0.305 e. The number of methoxy groups -OCH3 is 1. The van der Waals surface area contributed by atoms with Gasteiger partial charge in [-0.05, 0) is 18.4 Å². The number of hydrogen-bond donors (Lipinski definition) is 1. The Morgan fingerprint density at radius 3 is 2.68 bits per heavy atom. The Labute approximate surface area is 148 Å². The molecule has 25 heavy (non-hydrogen) atoms. The molecule has 1 fully saturated rings. The summed E-state index contributed by atoms with van der Waals surface area (Å²) in [6.07, 6.45) is 3.13. The highest BCUT2D eigenvalue weighted by atomic mass is 16.5. The predicted molar refractivity (Wildman–Crippen MR) is 93.5 cm³/mol. The average Bonchev–Trinajstić information content (AvgIpc) is 2.99. The summed E-state index contributed by atoms with van der Waals surface area (Å²) in [6.45, 7) is 1.60. The minimum Gasteiger partial charge on any atom is -0.469 e. The van der Waals surface area contributed by atoms with Crippen LogP contribution < -0.4 is 5.32 Å². The van der Waals surface area contributed by atoms with Crippen molar-refractivity contribution in [3.05, 3.63) is 35.9 Å². The van der Waals surface area contributed by atoms with Gasteiger partial charge in [-0.1, -0.05) is 36.8 Å². The van der Waals surface area contributed by atoms with Crippen LogP contribution in [0.15, 0.2) is 30.3 Å². The summed E-state index contributed by atoms with van der Waals surface area (Å²) < 4.78 is 4.58. The molecule has 0 saturated carbocycles. The number of carbonyl (C=O) groups excluding carboxylic acids is 3. The monoisotopic (exact) mass is 346 g/mol. The summed E-state index contributed by atoms with van der Waals surface area (Å²) in [4.78, 5) is 37.1. The van der Waals surface area contributed by atoms with E-state index in [-0.39, 0.29) is 30.1 Å². The van der Waals surface area contributed by atoms with Crippen molar-refractivity contribution in [1.82, 2.24) is 10.2 Å². The fourth-order valence-corrected chi connectivity index (χ4v) is 2.93. The fraction of sp³-hybridized carbons (Fsp3) is 0.526. The lowest BCUT2D eigenvalue weighted by atomic mass is 10.1. The molecule has 1 N–H and O–H groups in total. The van der Waals surface area contributed by atoms with E-state index in [0.717, 1.165) is 24.8 Å². The highest BCUT2D eigenvalue weighted by molar-refractivity contribution is 5.89. The Bertz CT molecular complexity index is 588. The summed E-state index contributed by atoms with van der Waals surface area (Å²) in [7, 11) is 1.38. The van der Waals surface area contributed by atoms with Crippen LogP contribution in [0.1, 0.15) is 37.7 Å². The van der Waals surface area contributed by atoms with E-state index in [0.29, 0.717) is 26.1 Å². The molecule has 2 amide bonds. The van der Waals surface area contributed by atoms with Crippen LogP contribution in [0.2, 0.25) is 0 Å². The minimum atomic E-state index is -0.272. The Morgan fingerprint density at radius 2 is 1.96 bits per heavy atom. The van der Waals surface area contributed by atoms with Crippen molar-refractivity contribution in [2.75, 3.05) is 20.2 Å². The second-order valence-electron chi connectivity index (χ2n) is 6.34. The van der Waals surface area contributed by atoms with Crippen molar-refractivity contribution in [2.45, 2.75) is 38.6 Å². The fourth-order valence-electron chi connectivity index (χ4n) is 2.93. The van der Waals surface area contributed by atoms with E-state index in [1.807, 2.05) is 30.3 Å². The molecular formula is C19H26N2O4. The van der Waals surface area contributed by atoms with E-state index in [1.165, 1.54) is 7.11 Å². The number of nitrogens with zero attached hydrogens (tertiary/aromatic N) is 1. The van der Waals surface area contributed by atoms with Crippen LogP contribution in [-0.2, 0) is 25.7 Å². The second kappa shape index (κ2) is 9.81. The molecule has 0 spiro atoms. The molecule has 0 bridgehead atoms. The molecule has 1 atom stereocenters. The van der Waals surface area contributed by atoms with Crippen molar-refractivity contribution < 1.29 is 19.1 Å². The maximum Gasteiger partial charge on any atom is 0.305 e. The van der Waals surface area contributed by atoms with Crippen molar-refractivity contribution >= 4 is 17.8 Å². The van der Waals surface area contributed by atoms with Crippen LogP contribution in [0.4, 0.5) is 0 Å². The van der Waals surface area contributed by atoms with Crippen molar-refractivity contribution in [3.63, 3.8) is 0 Å². The zero-order valence-corrected chi connectivity index (χ0v) is 14.7. The van der Waals surface area contributed by atoms with E-state index < -0.39 is 0 Å². The highest BCUT2D eigenvalue weighted by Crippen LogP contribution is 2.20. The molecule has 1 aromatic rings. The number of rotatable bonds is 9. The minimum absolute atomic E-state index is 0.0297. The number of esters is 1. The lowest BCUT2D eigenvalue weighted by Gasteiger charge is -2.16. The molecule has 1 saturated heterocycles. The molecule has 136 valence electrons. The van der Waals surface area contributed by atoms with Crippen LogP contribution in [0.3, 0.4) is 0 Å². The van der Waals surface area contributed by atoms with Crippen LogP contribution in [0.5, 0.6) is 0 Å². The first-order valence-electron chi connectivity index (χ1n) is 8.76. The third-order valence-electron chi connectivity index (χ3n) is 4.39. The molecule has 1 heterocycles. The Morgan fingerprint density at radius 1 is 1.20 bits per heavy atom. The van der Waals surface area contributed by atoms with Crippen LogP contribution >= 0.6 is 0 Å².